The molecule has 2 unspecified atom stereocenters. The van der Waals surface area contributed by atoms with E-state index in [2.05, 4.69) is 5.32 Å². The van der Waals surface area contributed by atoms with Crippen LogP contribution in [0.1, 0.15) is 26.2 Å². The molecule has 3 N–H and O–H groups in total. The monoisotopic (exact) mass is 254 g/mol. The first-order chi connectivity index (χ1) is 8.41. The van der Waals surface area contributed by atoms with Gasteiger partial charge < -0.3 is 11.1 Å². The molecule has 5 heteroatoms. The largest absolute Gasteiger partial charge is 0.327 e. The zero-order chi connectivity index (χ0) is 13.3. The van der Waals surface area contributed by atoms with Crippen LogP contribution in [0.15, 0.2) is 18.2 Å². The maximum Gasteiger partial charge on any atom is 0.231 e. The van der Waals surface area contributed by atoms with Gasteiger partial charge in [-0.2, -0.15) is 0 Å². The number of anilines is 1. The number of hydrogen-bond acceptors (Lipinski definition) is 2. The Kier molecular flexibility index (Phi) is 3.34. The Labute approximate surface area is 104 Å². The first kappa shape index (κ1) is 13.0. The second kappa shape index (κ2) is 4.65. The number of nitrogens with one attached hydrogen (secondary N) is 1. The summed E-state index contributed by atoms with van der Waals surface area (Å²) in [5, 5.41) is 2.54. The molecule has 0 heterocycles. The summed E-state index contributed by atoms with van der Waals surface area (Å²) in [6.45, 7) is 1.79. The minimum Gasteiger partial charge on any atom is -0.327 e. The minimum absolute atomic E-state index is 0.123. The first-order valence-corrected chi connectivity index (χ1v) is 5.95. The number of halogens is 2. The van der Waals surface area contributed by atoms with Crippen LogP contribution in [0.2, 0.25) is 0 Å². The molecule has 18 heavy (non-hydrogen) atoms. The second-order valence-electron chi connectivity index (χ2n) is 5.03. The van der Waals surface area contributed by atoms with Crippen LogP contribution in [0.4, 0.5) is 14.5 Å². The van der Waals surface area contributed by atoms with Crippen molar-refractivity contribution >= 4 is 11.6 Å². The van der Waals surface area contributed by atoms with Gasteiger partial charge in [0.25, 0.3) is 0 Å². The van der Waals surface area contributed by atoms with Crippen molar-refractivity contribution in [3.8, 4) is 0 Å². The molecule has 1 amide bonds. The smallest absolute Gasteiger partial charge is 0.231 e. The van der Waals surface area contributed by atoms with Gasteiger partial charge in [-0.05, 0) is 31.9 Å². The summed E-state index contributed by atoms with van der Waals surface area (Å²) in [6, 6.07) is 2.73. The van der Waals surface area contributed by atoms with Crippen molar-refractivity contribution in [1.82, 2.24) is 0 Å². The van der Waals surface area contributed by atoms with E-state index in [0.717, 1.165) is 31.0 Å². The van der Waals surface area contributed by atoms with Gasteiger partial charge in [0.2, 0.25) is 5.91 Å². The van der Waals surface area contributed by atoms with Crippen LogP contribution in [0, 0.1) is 17.0 Å². The Hall–Kier alpha value is -1.49. The summed E-state index contributed by atoms with van der Waals surface area (Å²) in [4.78, 5) is 12.1. The molecule has 0 radical (unpaired) electrons. The Bertz CT molecular complexity index is 458. The average Bonchev–Trinajstić information content (AvgIpc) is 2.59. The zero-order valence-corrected chi connectivity index (χ0v) is 10.2. The van der Waals surface area contributed by atoms with E-state index < -0.39 is 17.0 Å². The molecule has 1 aliphatic rings. The van der Waals surface area contributed by atoms with Crippen LogP contribution >= 0.6 is 0 Å². The number of nitrogens with two attached hydrogens (primary N) is 1. The molecule has 1 fully saturated rings. The molecule has 1 aliphatic carbocycles. The van der Waals surface area contributed by atoms with Gasteiger partial charge in [0.15, 0.2) is 0 Å². The van der Waals surface area contributed by atoms with Crippen LogP contribution in [-0.4, -0.2) is 11.9 Å². The fraction of sp³-hybridized carbons (Fsp3) is 0.462. The third-order valence-electron chi connectivity index (χ3n) is 3.67. The van der Waals surface area contributed by atoms with Crippen molar-refractivity contribution < 1.29 is 13.6 Å². The van der Waals surface area contributed by atoms with Crippen LogP contribution in [0.3, 0.4) is 0 Å². The van der Waals surface area contributed by atoms with Crippen molar-refractivity contribution in [2.45, 2.75) is 32.2 Å². The molecular weight excluding hydrogens is 238 g/mol. The molecule has 1 aromatic rings. The molecule has 1 saturated carbocycles. The molecule has 0 spiro atoms. The Balaban J connectivity index is 2.16. The number of carbonyl (C=O) groups is 1. The van der Waals surface area contributed by atoms with Gasteiger partial charge in [0, 0.05) is 17.8 Å². The predicted molar refractivity (Wildman–Crippen MR) is 64.9 cm³/mol. The molecule has 98 valence electrons. The van der Waals surface area contributed by atoms with Gasteiger partial charge in [-0.1, -0.05) is 6.42 Å². The normalized spacial score (nSPS) is 27.2. The molecular formula is C13H16F2N2O. The lowest BCUT2D eigenvalue weighted by molar-refractivity contribution is -0.125. The number of rotatable bonds is 2. The third-order valence-corrected chi connectivity index (χ3v) is 3.67. The molecule has 1 aromatic carbocycles. The predicted octanol–water partition coefficient (Wildman–Crippen LogP) is 2.42. The highest BCUT2D eigenvalue weighted by Gasteiger charge is 2.42. The quantitative estimate of drug-likeness (QED) is 0.851. The van der Waals surface area contributed by atoms with Crippen LogP contribution in [-0.2, 0) is 4.79 Å². The molecule has 2 atom stereocenters. The lowest BCUT2D eigenvalue weighted by atomic mass is 9.84. The highest BCUT2D eigenvalue weighted by Crippen LogP contribution is 2.37. The minimum atomic E-state index is -0.717. The van der Waals surface area contributed by atoms with Gasteiger partial charge >= 0.3 is 0 Å². The van der Waals surface area contributed by atoms with Crippen molar-refractivity contribution in [2.24, 2.45) is 11.1 Å². The van der Waals surface area contributed by atoms with Crippen molar-refractivity contribution in [3.05, 3.63) is 29.8 Å². The summed E-state index contributed by atoms with van der Waals surface area (Å²) in [5.41, 5.74) is 5.38. The standard InChI is InChI=1S/C13H16F2N2O/c1-13(4-2-3-11(13)16)12(18)17-10-6-8(14)5-9(15)7-10/h5-7,11H,2-4,16H2,1H3,(H,17,18). The molecule has 3 nitrogen and oxygen atoms in total. The number of carbonyl (C=O) groups excluding carboxylic acids is 1. The molecule has 0 saturated heterocycles. The fourth-order valence-corrected chi connectivity index (χ4v) is 2.37. The summed E-state index contributed by atoms with van der Waals surface area (Å²) in [6.07, 6.45) is 2.38. The van der Waals surface area contributed by atoms with E-state index in [-0.39, 0.29) is 17.6 Å². The van der Waals surface area contributed by atoms with E-state index in [9.17, 15) is 13.6 Å². The lowest BCUT2D eigenvalue weighted by Gasteiger charge is -2.27. The average molecular weight is 254 g/mol. The summed E-state index contributed by atoms with van der Waals surface area (Å²) >= 11 is 0. The van der Waals surface area contributed by atoms with E-state index in [1.807, 2.05) is 0 Å². The Morgan fingerprint density at radius 1 is 1.39 bits per heavy atom. The Morgan fingerprint density at radius 2 is 2.00 bits per heavy atom. The fourth-order valence-electron chi connectivity index (χ4n) is 2.37. The van der Waals surface area contributed by atoms with Crippen LogP contribution in [0.5, 0.6) is 0 Å². The van der Waals surface area contributed by atoms with E-state index in [0.29, 0.717) is 6.42 Å². The topological polar surface area (TPSA) is 55.1 Å². The first-order valence-electron chi connectivity index (χ1n) is 5.95. The van der Waals surface area contributed by atoms with Gasteiger partial charge in [0.1, 0.15) is 11.6 Å². The summed E-state index contributed by atoms with van der Waals surface area (Å²) < 4.78 is 26.0. The molecule has 2 rings (SSSR count). The van der Waals surface area contributed by atoms with Crippen LogP contribution < -0.4 is 11.1 Å². The number of amides is 1. The lowest BCUT2D eigenvalue weighted by Crippen LogP contribution is -2.44. The number of benzene rings is 1. The maximum atomic E-state index is 13.0. The SMILES string of the molecule is CC1(C(=O)Nc2cc(F)cc(F)c2)CCCC1N. The van der Waals surface area contributed by atoms with Crippen LogP contribution in [0.25, 0.3) is 0 Å². The third kappa shape index (κ3) is 2.36. The summed E-state index contributed by atoms with van der Waals surface area (Å²) in [5.74, 6) is -1.71. The van der Waals surface area contributed by atoms with E-state index in [1.165, 1.54) is 0 Å². The van der Waals surface area contributed by atoms with Crippen molar-refractivity contribution in [3.63, 3.8) is 0 Å². The molecule has 0 bridgehead atoms. The maximum absolute atomic E-state index is 13.0. The zero-order valence-electron chi connectivity index (χ0n) is 10.2. The highest BCUT2D eigenvalue weighted by molar-refractivity contribution is 5.95. The van der Waals surface area contributed by atoms with E-state index in [1.54, 1.807) is 6.92 Å². The Morgan fingerprint density at radius 3 is 2.50 bits per heavy atom. The van der Waals surface area contributed by atoms with Gasteiger partial charge in [-0.25, -0.2) is 8.78 Å². The highest BCUT2D eigenvalue weighted by atomic mass is 19.1. The molecule has 0 aliphatic heterocycles. The van der Waals surface area contributed by atoms with Gasteiger partial charge in [-0.15, -0.1) is 0 Å². The van der Waals surface area contributed by atoms with Crippen molar-refractivity contribution in [2.75, 3.05) is 5.32 Å². The number of hydrogen-bond donors (Lipinski definition) is 2. The second-order valence-corrected chi connectivity index (χ2v) is 5.03. The van der Waals surface area contributed by atoms with Crippen molar-refractivity contribution in [1.29, 1.82) is 0 Å². The van der Waals surface area contributed by atoms with E-state index >= 15 is 0 Å². The van der Waals surface area contributed by atoms with E-state index in [4.69, 9.17) is 5.73 Å². The van der Waals surface area contributed by atoms with Gasteiger partial charge in [0.05, 0.1) is 5.41 Å². The molecule has 0 aromatic heterocycles. The summed E-state index contributed by atoms with van der Waals surface area (Å²) in [7, 11) is 0. The van der Waals surface area contributed by atoms with Gasteiger partial charge in [-0.3, -0.25) is 4.79 Å².